The lowest BCUT2D eigenvalue weighted by Gasteiger charge is -2.31. The highest BCUT2D eigenvalue weighted by Crippen LogP contribution is 2.17. The van der Waals surface area contributed by atoms with Gasteiger partial charge in [0.2, 0.25) is 11.8 Å². The van der Waals surface area contributed by atoms with E-state index in [1.54, 1.807) is 19.0 Å². The van der Waals surface area contributed by atoms with E-state index in [2.05, 4.69) is 19.2 Å². The highest BCUT2D eigenvalue weighted by Gasteiger charge is 2.31. The van der Waals surface area contributed by atoms with Gasteiger partial charge in [0.1, 0.15) is 6.04 Å². The zero-order valence-corrected chi connectivity index (χ0v) is 12.6. The van der Waals surface area contributed by atoms with E-state index >= 15 is 0 Å². The third kappa shape index (κ3) is 4.49. The molecule has 5 heteroatoms. The summed E-state index contributed by atoms with van der Waals surface area (Å²) in [4.78, 5) is 28.0. The van der Waals surface area contributed by atoms with Gasteiger partial charge in [-0.2, -0.15) is 0 Å². The van der Waals surface area contributed by atoms with E-state index in [1.807, 2.05) is 4.90 Å². The van der Waals surface area contributed by atoms with Crippen LogP contribution in [0.4, 0.5) is 0 Å². The number of hydrogen-bond donors (Lipinski definition) is 1. The molecule has 2 amide bonds. The van der Waals surface area contributed by atoms with Crippen molar-refractivity contribution in [3.63, 3.8) is 0 Å². The lowest BCUT2D eigenvalue weighted by atomic mass is 10.0. The molecule has 5 nitrogen and oxygen atoms in total. The molecular formula is C14H27N3O2. The van der Waals surface area contributed by atoms with Crippen molar-refractivity contribution in [3.05, 3.63) is 0 Å². The monoisotopic (exact) mass is 269 g/mol. The van der Waals surface area contributed by atoms with Crippen LogP contribution in [-0.2, 0) is 9.59 Å². The SMILES string of the molecule is CNCC(=O)N(C)C(CC(C)C)C(=O)N1CCCC1. The normalized spacial score (nSPS) is 16.8. The molecule has 19 heavy (non-hydrogen) atoms. The molecule has 0 aromatic rings. The summed E-state index contributed by atoms with van der Waals surface area (Å²) < 4.78 is 0. The lowest BCUT2D eigenvalue weighted by Crippen LogP contribution is -2.50. The van der Waals surface area contributed by atoms with Gasteiger partial charge in [-0.05, 0) is 32.2 Å². The van der Waals surface area contributed by atoms with Gasteiger partial charge < -0.3 is 15.1 Å². The summed E-state index contributed by atoms with van der Waals surface area (Å²) in [5.41, 5.74) is 0. The van der Waals surface area contributed by atoms with Gasteiger partial charge in [0.15, 0.2) is 0 Å². The predicted molar refractivity (Wildman–Crippen MR) is 75.8 cm³/mol. The molecule has 0 saturated carbocycles. The average molecular weight is 269 g/mol. The third-order valence-electron chi connectivity index (χ3n) is 3.59. The van der Waals surface area contributed by atoms with Crippen LogP contribution >= 0.6 is 0 Å². The van der Waals surface area contributed by atoms with Crippen LogP contribution in [0.5, 0.6) is 0 Å². The molecule has 1 saturated heterocycles. The highest BCUT2D eigenvalue weighted by molar-refractivity contribution is 5.88. The molecule has 0 aliphatic carbocycles. The molecule has 1 unspecified atom stereocenters. The van der Waals surface area contributed by atoms with Gasteiger partial charge in [-0.15, -0.1) is 0 Å². The molecule has 0 spiro atoms. The van der Waals surface area contributed by atoms with E-state index in [9.17, 15) is 9.59 Å². The first-order valence-corrected chi connectivity index (χ1v) is 7.16. The molecule has 0 aromatic carbocycles. The van der Waals surface area contributed by atoms with Crippen LogP contribution in [0.25, 0.3) is 0 Å². The molecule has 1 aliphatic heterocycles. The van der Waals surface area contributed by atoms with Gasteiger partial charge in [0, 0.05) is 20.1 Å². The summed E-state index contributed by atoms with van der Waals surface area (Å²) >= 11 is 0. The number of nitrogens with one attached hydrogen (secondary N) is 1. The average Bonchev–Trinajstić information content (AvgIpc) is 2.88. The smallest absolute Gasteiger partial charge is 0.245 e. The minimum absolute atomic E-state index is 0.0271. The highest BCUT2D eigenvalue weighted by atomic mass is 16.2. The van der Waals surface area contributed by atoms with Crippen molar-refractivity contribution in [3.8, 4) is 0 Å². The van der Waals surface area contributed by atoms with Crippen molar-refractivity contribution in [2.24, 2.45) is 5.92 Å². The Kier molecular flexibility index (Phi) is 6.28. The third-order valence-corrected chi connectivity index (χ3v) is 3.59. The van der Waals surface area contributed by atoms with Gasteiger partial charge in [-0.3, -0.25) is 9.59 Å². The first kappa shape index (κ1) is 16.0. The van der Waals surface area contributed by atoms with Crippen molar-refractivity contribution in [2.45, 2.75) is 39.2 Å². The van der Waals surface area contributed by atoms with Crippen molar-refractivity contribution >= 4 is 11.8 Å². The molecule has 0 radical (unpaired) electrons. The Morgan fingerprint density at radius 3 is 2.32 bits per heavy atom. The van der Waals surface area contributed by atoms with Crippen molar-refractivity contribution in [2.75, 3.05) is 33.7 Å². The maximum absolute atomic E-state index is 12.5. The van der Waals surface area contributed by atoms with Crippen molar-refractivity contribution in [1.82, 2.24) is 15.1 Å². The molecule has 110 valence electrons. The fraction of sp³-hybridized carbons (Fsp3) is 0.857. The Balaban J connectivity index is 2.74. The van der Waals surface area contributed by atoms with Crippen LogP contribution in [0.1, 0.15) is 33.1 Å². The first-order chi connectivity index (χ1) is 8.97. The molecule has 1 N–H and O–H groups in total. The summed E-state index contributed by atoms with van der Waals surface area (Å²) in [5, 5.41) is 2.85. The zero-order valence-electron chi connectivity index (χ0n) is 12.6. The van der Waals surface area contributed by atoms with Crippen LogP contribution in [0.3, 0.4) is 0 Å². The largest absolute Gasteiger partial charge is 0.341 e. The summed E-state index contributed by atoms with van der Waals surface area (Å²) in [6.45, 7) is 6.11. The molecule has 1 heterocycles. The number of likely N-dealkylation sites (tertiary alicyclic amines) is 1. The number of rotatable bonds is 6. The number of carbonyl (C=O) groups excluding carboxylic acids is 2. The fourth-order valence-electron chi connectivity index (χ4n) is 2.47. The summed E-state index contributed by atoms with van der Waals surface area (Å²) in [6, 6.07) is -0.320. The standard InChI is InChI=1S/C14H27N3O2/c1-11(2)9-12(16(4)13(18)10-15-3)14(19)17-7-5-6-8-17/h11-12,15H,5-10H2,1-4H3. The van der Waals surface area contributed by atoms with E-state index in [0.29, 0.717) is 5.92 Å². The van der Waals surface area contributed by atoms with E-state index in [1.165, 1.54) is 0 Å². The Morgan fingerprint density at radius 1 is 1.26 bits per heavy atom. The molecular weight excluding hydrogens is 242 g/mol. The zero-order chi connectivity index (χ0) is 14.4. The molecule has 1 aliphatic rings. The van der Waals surface area contributed by atoms with Crippen molar-refractivity contribution < 1.29 is 9.59 Å². The lowest BCUT2D eigenvalue weighted by molar-refractivity contribution is -0.144. The molecule has 0 aromatic heterocycles. The number of amides is 2. The first-order valence-electron chi connectivity index (χ1n) is 7.16. The van der Waals surface area contributed by atoms with Crippen LogP contribution in [0.2, 0.25) is 0 Å². The Bertz CT molecular complexity index is 312. The number of hydrogen-bond acceptors (Lipinski definition) is 3. The maximum atomic E-state index is 12.5. The van der Waals surface area contributed by atoms with Gasteiger partial charge in [-0.25, -0.2) is 0 Å². The maximum Gasteiger partial charge on any atom is 0.245 e. The van der Waals surface area contributed by atoms with Crippen LogP contribution in [0, 0.1) is 5.92 Å². The van der Waals surface area contributed by atoms with Crippen LogP contribution in [0.15, 0.2) is 0 Å². The minimum atomic E-state index is -0.320. The van der Waals surface area contributed by atoms with E-state index in [-0.39, 0.29) is 24.4 Å². The molecule has 1 fully saturated rings. The van der Waals surface area contributed by atoms with E-state index in [4.69, 9.17) is 0 Å². The second-order valence-corrected chi connectivity index (χ2v) is 5.71. The topological polar surface area (TPSA) is 52.7 Å². The van der Waals surface area contributed by atoms with Crippen molar-refractivity contribution in [1.29, 1.82) is 0 Å². The second kappa shape index (κ2) is 7.48. The predicted octanol–water partition coefficient (Wildman–Crippen LogP) is 0.701. The van der Waals surface area contributed by atoms with E-state index < -0.39 is 0 Å². The van der Waals surface area contributed by atoms with Gasteiger partial charge in [0.05, 0.1) is 6.54 Å². The van der Waals surface area contributed by atoms with Crippen LogP contribution < -0.4 is 5.32 Å². The van der Waals surface area contributed by atoms with Gasteiger partial charge in [0.25, 0.3) is 0 Å². The Hall–Kier alpha value is -1.10. The molecule has 0 bridgehead atoms. The number of nitrogens with zero attached hydrogens (tertiary/aromatic N) is 2. The van der Waals surface area contributed by atoms with Gasteiger partial charge in [-0.1, -0.05) is 13.8 Å². The second-order valence-electron chi connectivity index (χ2n) is 5.71. The fourth-order valence-corrected chi connectivity index (χ4v) is 2.47. The Labute approximate surface area is 116 Å². The number of carbonyl (C=O) groups is 2. The summed E-state index contributed by atoms with van der Waals surface area (Å²) in [6.07, 6.45) is 2.88. The Morgan fingerprint density at radius 2 is 1.84 bits per heavy atom. The summed E-state index contributed by atoms with van der Waals surface area (Å²) in [5.74, 6) is 0.472. The number of likely N-dealkylation sites (N-methyl/N-ethyl adjacent to an activating group) is 2. The summed E-state index contributed by atoms with van der Waals surface area (Å²) in [7, 11) is 3.48. The molecule has 1 atom stereocenters. The van der Waals surface area contributed by atoms with Gasteiger partial charge >= 0.3 is 0 Å². The quantitative estimate of drug-likeness (QED) is 0.772. The minimum Gasteiger partial charge on any atom is -0.341 e. The van der Waals surface area contributed by atoms with Crippen LogP contribution in [-0.4, -0.2) is 61.4 Å². The van der Waals surface area contributed by atoms with E-state index in [0.717, 1.165) is 32.4 Å². The molecule has 1 rings (SSSR count).